The van der Waals surface area contributed by atoms with Crippen LogP contribution in [0.4, 0.5) is 4.79 Å². The van der Waals surface area contributed by atoms with Gasteiger partial charge < -0.3 is 30.5 Å². The quantitative estimate of drug-likeness (QED) is 0.543. The lowest BCUT2D eigenvalue weighted by Gasteiger charge is -2.24. The molecule has 0 aromatic carbocycles. The molecular formula is C19H33N3O5. The van der Waals surface area contributed by atoms with Gasteiger partial charge in [0.25, 0.3) is 0 Å². The van der Waals surface area contributed by atoms with E-state index in [0.29, 0.717) is 6.42 Å². The van der Waals surface area contributed by atoms with Crippen molar-refractivity contribution in [2.45, 2.75) is 101 Å². The summed E-state index contributed by atoms with van der Waals surface area (Å²) < 4.78 is 11.7. The zero-order chi connectivity index (χ0) is 19.4. The average Bonchev–Trinajstić information content (AvgIpc) is 3.12. The third kappa shape index (κ3) is 5.56. The van der Waals surface area contributed by atoms with Crippen LogP contribution < -0.4 is 16.0 Å². The molecule has 4 N–H and O–H groups in total. The molecule has 8 nitrogen and oxygen atoms in total. The van der Waals surface area contributed by atoms with Crippen molar-refractivity contribution in [2.24, 2.45) is 0 Å². The van der Waals surface area contributed by atoms with Crippen molar-refractivity contribution in [2.75, 3.05) is 6.54 Å². The second-order valence-corrected chi connectivity index (χ2v) is 8.28. The molecule has 1 aliphatic carbocycles. The minimum absolute atomic E-state index is 0.0536. The summed E-state index contributed by atoms with van der Waals surface area (Å²) in [4.78, 5) is 23.9. The highest BCUT2D eigenvalue weighted by molar-refractivity contribution is 5.76. The number of carbonyl (C=O) groups is 2. The second-order valence-electron chi connectivity index (χ2n) is 8.28. The highest BCUT2D eigenvalue weighted by Gasteiger charge is 2.50. The Morgan fingerprint density at radius 3 is 2.56 bits per heavy atom. The van der Waals surface area contributed by atoms with Gasteiger partial charge in [0, 0.05) is 25.0 Å². The van der Waals surface area contributed by atoms with Gasteiger partial charge in [-0.2, -0.15) is 0 Å². The monoisotopic (exact) mass is 383 g/mol. The van der Waals surface area contributed by atoms with Crippen molar-refractivity contribution in [3.05, 3.63) is 0 Å². The molecule has 0 aromatic heterocycles. The van der Waals surface area contributed by atoms with Gasteiger partial charge in [-0.15, -0.1) is 0 Å². The van der Waals surface area contributed by atoms with E-state index in [1.54, 1.807) is 0 Å². The largest absolute Gasteiger partial charge is 0.388 e. The molecule has 5 atom stereocenters. The van der Waals surface area contributed by atoms with Gasteiger partial charge in [-0.1, -0.05) is 19.3 Å². The number of ether oxygens (including phenoxy) is 2. The molecule has 0 bridgehead atoms. The highest BCUT2D eigenvalue weighted by atomic mass is 16.6. The first-order valence-corrected chi connectivity index (χ1v) is 10.2. The molecule has 5 unspecified atom stereocenters. The maximum atomic E-state index is 12.0. The third-order valence-corrected chi connectivity index (χ3v) is 5.55. The number of hydrogen-bond donors (Lipinski definition) is 4. The van der Waals surface area contributed by atoms with E-state index in [0.717, 1.165) is 25.7 Å². The van der Waals surface area contributed by atoms with Crippen molar-refractivity contribution >= 4 is 11.9 Å². The van der Waals surface area contributed by atoms with Crippen LogP contribution in [0.25, 0.3) is 0 Å². The number of urea groups is 1. The highest BCUT2D eigenvalue weighted by Crippen LogP contribution is 2.35. The number of rotatable bonds is 6. The van der Waals surface area contributed by atoms with Gasteiger partial charge in [-0.25, -0.2) is 4.79 Å². The fourth-order valence-electron chi connectivity index (χ4n) is 4.27. The van der Waals surface area contributed by atoms with E-state index in [1.807, 2.05) is 13.8 Å². The maximum Gasteiger partial charge on any atom is 0.315 e. The van der Waals surface area contributed by atoms with Crippen LogP contribution in [0.5, 0.6) is 0 Å². The van der Waals surface area contributed by atoms with Gasteiger partial charge in [0.15, 0.2) is 0 Å². The Bertz CT molecular complexity index is 523. The number of nitrogens with one attached hydrogen (secondary N) is 3. The van der Waals surface area contributed by atoms with Crippen LogP contribution in [0.3, 0.4) is 0 Å². The van der Waals surface area contributed by atoms with Crippen molar-refractivity contribution in [1.29, 1.82) is 0 Å². The summed E-state index contributed by atoms with van der Waals surface area (Å²) in [6, 6.07) is 0.128. The number of hydrogen-bond acceptors (Lipinski definition) is 5. The first-order valence-electron chi connectivity index (χ1n) is 10.2. The van der Waals surface area contributed by atoms with E-state index in [-0.39, 0.29) is 49.2 Å². The lowest BCUT2D eigenvalue weighted by molar-refractivity contribution is -0.125. The molecule has 8 heteroatoms. The number of amides is 3. The van der Waals surface area contributed by atoms with Crippen LogP contribution in [-0.2, 0) is 14.3 Å². The molecule has 3 amide bonds. The molecule has 2 heterocycles. The molecule has 0 radical (unpaired) electrons. The van der Waals surface area contributed by atoms with E-state index in [9.17, 15) is 14.7 Å². The molecule has 27 heavy (non-hydrogen) atoms. The van der Waals surface area contributed by atoms with Crippen LogP contribution in [0.15, 0.2) is 0 Å². The predicted molar refractivity (Wildman–Crippen MR) is 99.2 cm³/mol. The Labute approximate surface area is 160 Å². The van der Waals surface area contributed by atoms with Crippen molar-refractivity contribution < 1.29 is 24.2 Å². The number of aliphatic hydroxyl groups is 1. The van der Waals surface area contributed by atoms with Crippen molar-refractivity contribution in [3.8, 4) is 0 Å². The van der Waals surface area contributed by atoms with E-state index >= 15 is 0 Å². The van der Waals surface area contributed by atoms with Gasteiger partial charge in [-0.05, 0) is 26.7 Å². The fraction of sp³-hybridized carbons (Fsp3) is 0.895. The zero-order valence-corrected chi connectivity index (χ0v) is 16.3. The van der Waals surface area contributed by atoms with Crippen LogP contribution in [0.1, 0.15) is 58.8 Å². The number of fused-ring (bicyclic) bond motifs is 1. The summed E-state index contributed by atoms with van der Waals surface area (Å²) in [5.74, 6) is -0.0536. The average molecular weight is 383 g/mol. The lowest BCUT2D eigenvalue weighted by atomic mass is 9.96. The third-order valence-electron chi connectivity index (χ3n) is 5.55. The van der Waals surface area contributed by atoms with Gasteiger partial charge >= 0.3 is 6.03 Å². The van der Waals surface area contributed by atoms with Gasteiger partial charge in [0.1, 0.15) is 18.3 Å². The zero-order valence-electron chi connectivity index (χ0n) is 16.3. The molecule has 2 aliphatic heterocycles. The normalized spacial score (nSPS) is 33.7. The number of carbonyl (C=O) groups excluding carboxylic acids is 2. The van der Waals surface area contributed by atoms with Gasteiger partial charge in [0.05, 0.1) is 18.6 Å². The minimum atomic E-state index is -0.803. The van der Waals surface area contributed by atoms with Crippen molar-refractivity contribution in [3.63, 3.8) is 0 Å². The van der Waals surface area contributed by atoms with E-state index in [4.69, 9.17) is 9.47 Å². The molecule has 1 saturated carbocycles. The smallest absolute Gasteiger partial charge is 0.315 e. The Morgan fingerprint density at radius 1 is 1.15 bits per heavy atom. The van der Waals surface area contributed by atoms with Crippen LogP contribution >= 0.6 is 0 Å². The molecule has 3 aliphatic rings. The Balaban J connectivity index is 1.38. The summed E-state index contributed by atoms with van der Waals surface area (Å²) in [5.41, 5.74) is 0. The molecule has 3 fully saturated rings. The van der Waals surface area contributed by atoms with Gasteiger partial charge in [-0.3, -0.25) is 4.79 Å². The molecule has 3 rings (SSSR count). The Hall–Kier alpha value is -1.38. The van der Waals surface area contributed by atoms with Crippen molar-refractivity contribution in [1.82, 2.24) is 16.0 Å². The SMILES string of the molecule is CC(C)NC(=O)CC1CC2OC(CNC(=O)NC3CCCCC3)C(O)C2O1. The summed E-state index contributed by atoms with van der Waals surface area (Å²) >= 11 is 0. The van der Waals surface area contributed by atoms with E-state index in [1.165, 1.54) is 6.42 Å². The van der Waals surface area contributed by atoms with Crippen LogP contribution in [-0.4, -0.2) is 66.2 Å². The van der Waals surface area contributed by atoms with Crippen LogP contribution in [0, 0.1) is 0 Å². The fourth-order valence-corrected chi connectivity index (χ4v) is 4.27. The Kier molecular flexibility index (Phi) is 6.94. The summed E-state index contributed by atoms with van der Waals surface area (Å²) in [6.07, 6.45) is 4.28. The molecule has 2 saturated heterocycles. The second kappa shape index (κ2) is 9.21. The molecule has 0 spiro atoms. The first-order chi connectivity index (χ1) is 12.9. The Morgan fingerprint density at radius 2 is 1.89 bits per heavy atom. The van der Waals surface area contributed by atoms with E-state index < -0.39 is 18.3 Å². The summed E-state index contributed by atoms with van der Waals surface area (Å²) in [5, 5.41) is 19.1. The van der Waals surface area contributed by atoms with Crippen LogP contribution in [0.2, 0.25) is 0 Å². The standard InChI is InChI=1S/C19H33N3O5/c1-11(2)21-16(23)9-13-8-14-18(26-13)17(24)15(27-14)10-20-19(25)22-12-6-4-3-5-7-12/h11-15,17-18,24H,3-10H2,1-2H3,(H,21,23)(H2,20,22,25). The molecular weight excluding hydrogens is 350 g/mol. The summed E-state index contributed by atoms with van der Waals surface area (Å²) in [6.45, 7) is 4.07. The first kappa shape index (κ1) is 20.4. The lowest BCUT2D eigenvalue weighted by Crippen LogP contribution is -2.47. The topological polar surface area (TPSA) is 109 Å². The van der Waals surface area contributed by atoms with E-state index in [2.05, 4.69) is 16.0 Å². The minimum Gasteiger partial charge on any atom is -0.388 e. The molecule has 0 aromatic rings. The van der Waals surface area contributed by atoms with Gasteiger partial charge in [0.2, 0.25) is 5.91 Å². The maximum absolute atomic E-state index is 12.0. The molecule has 154 valence electrons. The number of aliphatic hydroxyl groups excluding tert-OH is 1. The predicted octanol–water partition coefficient (Wildman–Crippen LogP) is 0.819. The summed E-state index contributed by atoms with van der Waals surface area (Å²) in [7, 11) is 0.